The van der Waals surface area contributed by atoms with Gasteiger partial charge in [0.1, 0.15) is 84.3 Å². The number of nitrogens with zero attached hydrogens (tertiary/aromatic N) is 2. The van der Waals surface area contributed by atoms with Gasteiger partial charge in [-0.15, -0.1) is 11.8 Å². The highest BCUT2D eigenvalue weighted by Gasteiger charge is 2.40. The number of carbonyl (C=O) groups is 18. The van der Waals surface area contributed by atoms with Crippen molar-refractivity contribution in [1.82, 2.24) is 83.9 Å². The molecule has 17 amide bonds. The molecule has 40 heteroatoms. The van der Waals surface area contributed by atoms with Gasteiger partial charge in [0.15, 0.2) is 0 Å². The van der Waals surface area contributed by atoms with Gasteiger partial charge in [-0.05, 0) is 96.0 Å². The molecule has 0 spiro atoms. The standard InChI is InChI=1S/C89H116N18O21S/c1-47(2)33-61-79(118)94-50(7)77(116)103-69(44-108)87(126)104-70(78(117)93-42-72(91)111)45-129-46-74(113)96-63(35-52-19-13-11-14-20-52)81(120)99-64(37-54-27-31-58(109)32-28-54)82(121)102-68(40-75(114)115)85(124)101-66(38-57-41-92-60-24-18-17-23-59(57)60)83(122)98-62(34-48(3)4)80(119)100-65(36-53-25-29-56(30-26-53)55-21-15-12-16-22-55)86(125)105-76(49(5)6)89(128)107(10)51(8)88(127)106(9)43-73(112)95-67(39-71(90)110)84(123)97-61/h11-32,41,47-51,61-70,76,92,108-109H,33-40,42-46H2,1-10H3,(H2,90,110)(H2,91,111)(H,93,117)(H,94,118)(H,95,112)(H,96,113)(H,97,123)(H,98,122)(H,99,120)(H,100,119)(H,101,124)(H,102,121)(H,103,116)(H,104,126)(H,105,125)(H,114,115)/t50-,51-,61-,62-,63-,64-,65-,66-,67-,68-,69-,70-,76-/m0/s1. The summed E-state index contributed by atoms with van der Waals surface area (Å²) in [6.07, 6.45) is -1.94. The second-order valence-corrected chi connectivity index (χ2v) is 33.8. The van der Waals surface area contributed by atoms with Crippen LogP contribution in [0.3, 0.4) is 0 Å². The van der Waals surface area contributed by atoms with E-state index in [2.05, 4.69) is 74.1 Å². The van der Waals surface area contributed by atoms with Gasteiger partial charge in [-0.25, -0.2) is 0 Å². The number of primary amides is 2. The summed E-state index contributed by atoms with van der Waals surface area (Å²) >= 11 is 0.697. The van der Waals surface area contributed by atoms with Crippen molar-refractivity contribution < 1.29 is 102 Å². The first kappa shape index (κ1) is 102. The Morgan fingerprint density at radius 3 is 1.43 bits per heavy atom. The molecule has 6 aromatic rings. The van der Waals surface area contributed by atoms with Crippen LogP contribution in [-0.2, 0) is 112 Å². The van der Waals surface area contributed by atoms with Crippen molar-refractivity contribution in [2.75, 3.05) is 45.3 Å². The molecule has 1 saturated heterocycles. The van der Waals surface area contributed by atoms with Crippen molar-refractivity contribution in [1.29, 1.82) is 0 Å². The number of rotatable bonds is 22. The van der Waals surface area contributed by atoms with Crippen molar-refractivity contribution in [3.63, 3.8) is 0 Å². The normalized spacial score (nSPS) is 23.1. The van der Waals surface area contributed by atoms with Gasteiger partial charge in [0.05, 0.1) is 38.3 Å². The van der Waals surface area contributed by atoms with Crippen molar-refractivity contribution in [3.8, 4) is 16.9 Å². The number of amides is 17. The number of nitrogens with one attached hydrogen (secondary N) is 14. The van der Waals surface area contributed by atoms with Crippen molar-refractivity contribution in [2.45, 2.75) is 185 Å². The Balaban J connectivity index is 1.29. The Morgan fingerprint density at radius 2 is 0.899 bits per heavy atom. The van der Waals surface area contributed by atoms with E-state index in [0.29, 0.717) is 44.9 Å². The fourth-order valence-corrected chi connectivity index (χ4v) is 14.8. The van der Waals surface area contributed by atoms with E-state index in [-0.39, 0.29) is 43.8 Å². The maximum Gasteiger partial charge on any atom is 0.305 e. The Bertz CT molecular complexity index is 4980. The van der Waals surface area contributed by atoms with Crippen LogP contribution < -0.4 is 80.6 Å². The maximum absolute atomic E-state index is 15.4. The minimum absolute atomic E-state index is 0.119. The average Bonchev–Trinajstić information content (AvgIpc) is 1.78. The third-order valence-corrected chi connectivity index (χ3v) is 22.0. The molecular formula is C89H116N18O21S. The van der Waals surface area contributed by atoms with E-state index in [4.69, 9.17) is 11.5 Å². The first-order valence-corrected chi connectivity index (χ1v) is 43.1. The molecule has 1 aliphatic rings. The Labute approximate surface area is 749 Å². The number of carbonyl (C=O) groups excluding carboxylic acids is 17. The van der Waals surface area contributed by atoms with Crippen LogP contribution in [0.25, 0.3) is 22.0 Å². The van der Waals surface area contributed by atoms with Crippen LogP contribution in [0.5, 0.6) is 5.75 Å². The van der Waals surface area contributed by atoms with Crippen LogP contribution in [0, 0.1) is 17.8 Å². The summed E-state index contributed by atoms with van der Waals surface area (Å²) in [5, 5.41) is 64.6. The molecule has 0 unspecified atom stereocenters. The Morgan fingerprint density at radius 1 is 0.465 bits per heavy atom. The number of aliphatic carboxylic acids is 1. The fourth-order valence-electron chi connectivity index (χ4n) is 13.9. The van der Waals surface area contributed by atoms with Crippen LogP contribution in [-0.4, -0.2) is 260 Å². The zero-order chi connectivity index (χ0) is 95.0. The SMILES string of the molecule is CC(C)C[C@@H]1NC(=O)[C@H](CC(N)=O)NC(=O)CN(C)C(=O)[C@H](C)N(C)C(=O)[C@H](C(C)C)NC(=O)[C@H](Cc2ccc(-c3ccccc3)cc2)NC(=O)[C@H](CC(C)C)NC(=O)[C@H](Cc2c[nH]c3ccccc23)NC(=O)[C@H](CC(=O)O)NC(=O)[C@H](Cc2ccc(O)cc2)NC(=O)[C@H](Cc2ccccc2)NC(=O)CSC[C@@H](C(=O)NCC(N)=O)NC(=O)[C@H](CO)NC(=O)[C@H](C)NC1=O. The quantitative estimate of drug-likeness (QED) is 0.0364. The number of carboxylic acid groups (broad SMARTS) is 1. The van der Waals surface area contributed by atoms with Gasteiger partial charge in [0.25, 0.3) is 0 Å². The topological polar surface area (TPSA) is 599 Å². The van der Waals surface area contributed by atoms with Crippen molar-refractivity contribution in [3.05, 3.63) is 162 Å². The number of benzene rings is 5. The minimum atomic E-state index is -2.06. The Kier molecular flexibility index (Phi) is 39.1. The van der Waals surface area contributed by atoms with E-state index in [0.717, 1.165) is 20.9 Å². The molecule has 13 atom stereocenters. The first-order chi connectivity index (χ1) is 61.1. The summed E-state index contributed by atoms with van der Waals surface area (Å²) in [7, 11) is 2.47. The van der Waals surface area contributed by atoms with Crippen molar-refractivity contribution in [2.24, 2.45) is 29.2 Å². The fraction of sp³-hybridized carbons (Fsp3) is 0.438. The maximum atomic E-state index is 15.4. The molecule has 2 heterocycles. The zero-order valence-electron chi connectivity index (χ0n) is 73.4. The monoisotopic (exact) mass is 1800 g/mol. The molecule has 39 nitrogen and oxygen atoms in total. The molecule has 5 aromatic carbocycles. The van der Waals surface area contributed by atoms with Crippen LogP contribution in [0.4, 0.5) is 0 Å². The summed E-state index contributed by atoms with van der Waals surface area (Å²) in [5.74, 6) is -21.9. The number of aromatic hydroxyl groups is 1. The summed E-state index contributed by atoms with van der Waals surface area (Å²) in [4.78, 5) is 261. The molecule has 694 valence electrons. The average molecular weight is 1810 g/mol. The molecule has 129 heavy (non-hydrogen) atoms. The number of carboxylic acids is 1. The van der Waals surface area contributed by atoms with E-state index in [9.17, 15) is 77.6 Å². The number of thioether (sulfide) groups is 1. The highest BCUT2D eigenvalue weighted by atomic mass is 32.2. The minimum Gasteiger partial charge on any atom is -0.508 e. The summed E-state index contributed by atoms with van der Waals surface area (Å²) in [6, 6.07) is 15.4. The highest BCUT2D eigenvalue weighted by molar-refractivity contribution is 8.00. The number of aliphatic hydroxyl groups is 1. The molecular weight excluding hydrogens is 1690 g/mol. The van der Waals surface area contributed by atoms with E-state index in [1.165, 1.54) is 52.2 Å². The molecule has 7 rings (SSSR count). The number of aromatic nitrogens is 1. The zero-order valence-corrected chi connectivity index (χ0v) is 74.2. The molecule has 1 aliphatic heterocycles. The van der Waals surface area contributed by atoms with Crippen LogP contribution in [0.15, 0.2) is 140 Å². The number of aromatic amines is 1. The van der Waals surface area contributed by atoms with Gasteiger partial charge >= 0.3 is 5.97 Å². The van der Waals surface area contributed by atoms with Crippen LogP contribution in [0.1, 0.15) is 103 Å². The van der Waals surface area contributed by atoms with Gasteiger partial charge < -0.3 is 111 Å². The number of phenols is 1. The molecule has 21 N–H and O–H groups in total. The van der Waals surface area contributed by atoms with Gasteiger partial charge in [-0.2, -0.15) is 0 Å². The number of para-hydroxylation sites is 1. The van der Waals surface area contributed by atoms with E-state index in [1.807, 2.05) is 30.3 Å². The lowest BCUT2D eigenvalue weighted by Gasteiger charge is -2.33. The van der Waals surface area contributed by atoms with E-state index < -0.39 is 247 Å². The number of H-pyrrole nitrogens is 1. The largest absolute Gasteiger partial charge is 0.508 e. The van der Waals surface area contributed by atoms with Gasteiger partial charge in [-0.1, -0.05) is 157 Å². The van der Waals surface area contributed by atoms with Crippen molar-refractivity contribution >= 4 is 129 Å². The number of fused-ring (bicyclic) bond motifs is 1. The van der Waals surface area contributed by atoms with Gasteiger partial charge in [-0.3, -0.25) is 86.3 Å². The number of hydrogen-bond donors (Lipinski definition) is 19. The third kappa shape index (κ3) is 32.2. The smallest absolute Gasteiger partial charge is 0.305 e. The number of nitrogens with two attached hydrogens (primary N) is 2. The lowest BCUT2D eigenvalue weighted by molar-refractivity contribution is -0.147. The molecule has 1 fully saturated rings. The second kappa shape index (κ2) is 49.4. The van der Waals surface area contributed by atoms with Crippen LogP contribution in [0.2, 0.25) is 0 Å². The van der Waals surface area contributed by atoms with E-state index in [1.54, 1.807) is 127 Å². The second-order valence-electron chi connectivity index (χ2n) is 32.8. The number of likely N-dealkylation sites (N-methyl/N-ethyl adjacent to an activating group) is 2. The Hall–Kier alpha value is -13.8. The molecule has 0 bridgehead atoms. The predicted molar refractivity (Wildman–Crippen MR) is 475 cm³/mol. The third-order valence-electron chi connectivity index (χ3n) is 21.0. The molecule has 0 aliphatic carbocycles. The van der Waals surface area contributed by atoms with Crippen LogP contribution >= 0.6 is 11.8 Å². The number of hydrogen-bond acceptors (Lipinski definition) is 21. The molecule has 0 saturated carbocycles. The van der Waals surface area contributed by atoms with Gasteiger partial charge in [0.2, 0.25) is 100 Å². The summed E-state index contributed by atoms with van der Waals surface area (Å²) in [5.41, 5.74) is 14.8. The molecule has 0 radical (unpaired) electrons. The lowest BCUT2D eigenvalue weighted by atomic mass is 9.97. The number of aliphatic hydroxyl groups excluding tert-OH is 1. The highest BCUT2D eigenvalue weighted by Crippen LogP contribution is 2.24. The summed E-state index contributed by atoms with van der Waals surface area (Å²) < 4.78 is 0. The lowest BCUT2D eigenvalue weighted by Crippen LogP contribution is -2.61. The summed E-state index contributed by atoms with van der Waals surface area (Å²) in [6.45, 7) is 9.85. The van der Waals surface area contributed by atoms with E-state index >= 15 is 24.0 Å². The first-order valence-electron chi connectivity index (χ1n) is 42.0. The molecule has 1 aromatic heterocycles. The van der Waals surface area contributed by atoms with Gasteiger partial charge in [0, 0.05) is 62.6 Å². The predicted octanol–water partition coefficient (Wildman–Crippen LogP) is -1.61. The number of phenolic OH excluding ortho intramolecular Hbond substituents is 1.